The lowest BCUT2D eigenvalue weighted by Crippen LogP contribution is -2.33. The van der Waals surface area contributed by atoms with Crippen LogP contribution in [0.3, 0.4) is 0 Å². The molecule has 4 aromatic rings. The lowest BCUT2D eigenvalue weighted by molar-refractivity contribution is -0.130. The number of rotatable bonds is 18. The molecule has 0 aliphatic heterocycles. The van der Waals surface area contributed by atoms with E-state index in [2.05, 4.69) is 51.3 Å². The number of hydrogen-bond donors (Lipinski definition) is 0. The van der Waals surface area contributed by atoms with Gasteiger partial charge in [-0.15, -0.1) is 0 Å². The standard InChI is InChI=1S/C47H54O8/c1-11-23-31-29(9)41(50-15-5)45(54-37(48)13-3)39(43(31)52-17-7)47(35-27-21-19-25-33(35)34-26-20-22-28-36(34)47)40-44(53-18-8)32(24-12-2)30(10)42(51-16-6)46(40)55-38(49)14-4/h13-14,19-22,25-28H,3-4,11-12,15-18,23-24H2,1-2,5-10H3. The quantitative estimate of drug-likeness (QED) is 0.0497. The van der Waals surface area contributed by atoms with Crippen molar-refractivity contribution in [2.24, 2.45) is 0 Å². The molecule has 0 aromatic heterocycles. The molecule has 5 rings (SSSR count). The summed E-state index contributed by atoms with van der Waals surface area (Å²) in [6, 6.07) is 16.3. The molecular formula is C47H54O8. The van der Waals surface area contributed by atoms with E-state index in [4.69, 9.17) is 28.4 Å². The minimum Gasteiger partial charge on any atom is -0.493 e. The molecular weight excluding hydrogens is 693 g/mol. The molecule has 0 fully saturated rings. The Morgan fingerprint density at radius 3 is 1.22 bits per heavy atom. The summed E-state index contributed by atoms with van der Waals surface area (Å²) in [4.78, 5) is 27.2. The van der Waals surface area contributed by atoms with Gasteiger partial charge in [0.05, 0.1) is 43.0 Å². The fraction of sp³-hybridized carbons (Fsp3) is 0.362. The highest BCUT2D eigenvalue weighted by Crippen LogP contribution is 2.67. The minimum atomic E-state index is -1.42. The highest BCUT2D eigenvalue weighted by molar-refractivity contribution is 5.94. The Labute approximate surface area is 326 Å². The summed E-state index contributed by atoms with van der Waals surface area (Å²) in [6.45, 7) is 24.5. The smallest absolute Gasteiger partial charge is 0.335 e. The third kappa shape index (κ3) is 6.99. The van der Waals surface area contributed by atoms with Gasteiger partial charge in [-0.05, 0) is 76.6 Å². The van der Waals surface area contributed by atoms with Gasteiger partial charge in [-0.1, -0.05) is 88.4 Å². The van der Waals surface area contributed by atoms with Gasteiger partial charge >= 0.3 is 11.9 Å². The van der Waals surface area contributed by atoms with Crippen LogP contribution in [0.1, 0.15) is 98.9 Å². The van der Waals surface area contributed by atoms with E-state index in [0.29, 0.717) is 73.4 Å². The Morgan fingerprint density at radius 2 is 0.891 bits per heavy atom. The lowest BCUT2D eigenvalue weighted by atomic mass is 9.64. The van der Waals surface area contributed by atoms with Crippen LogP contribution in [0, 0.1) is 13.8 Å². The molecule has 0 N–H and O–H groups in total. The van der Waals surface area contributed by atoms with Crippen LogP contribution in [0.5, 0.6) is 34.5 Å². The summed E-state index contributed by atoms with van der Waals surface area (Å²) in [5, 5.41) is 0. The van der Waals surface area contributed by atoms with Crippen molar-refractivity contribution in [2.75, 3.05) is 26.4 Å². The van der Waals surface area contributed by atoms with Crippen LogP contribution in [0.4, 0.5) is 0 Å². The van der Waals surface area contributed by atoms with E-state index in [9.17, 15) is 9.59 Å². The van der Waals surface area contributed by atoms with Gasteiger partial charge < -0.3 is 28.4 Å². The topological polar surface area (TPSA) is 89.5 Å². The molecule has 8 heteroatoms. The van der Waals surface area contributed by atoms with Crippen molar-refractivity contribution >= 4 is 11.9 Å². The zero-order valence-corrected chi connectivity index (χ0v) is 33.6. The van der Waals surface area contributed by atoms with Crippen molar-refractivity contribution in [3.63, 3.8) is 0 Å². The summed E-state index contributed by atoms with van der Waals surface area (Å²) in [6.07, 6.45) is 5.14. The third-order valence-electron chi connectivity index (χ3n) is 10.1. The second kappa shape index (κ2) is 17.8. The van der Waals surface area contributed by atoms with Gasteiger partial charge in [0.1, 0.15) is 11.5 Å². The minimum absolute atomic E-state index is 0.179. The number of benzene rings is 4. The van der Waals surface area contributed by atoms with E-state index in [1.54, 1.807) is 0 Å². The van der Waals surface area contributed by atoms with E-state index in [1.165, 1.54) is 0 Å². The molecule has 0 atom stereocenters. The Morgan fingerprint density at radius 1 is 0.545 bits per heavy atom. The summed E-state index contributed by atoms with van der Waals surface area (Å²) in [5.74, 6) is 0.928. The zero-order valence-electron chi connectivity index (χ0n) is 33.6. The zero-order chi connectivity index (χ0) is 39.9. The second-order valence-electron chi connectivity index (χ2n) is 13.3. The van der Waals surface area contributed by atoms with Crippen LogP contribution in [0.25, 0.3) is 11.1 Å². The van der Waals surface area contributed by atoms with E-state index < -0.39 is 17.4 Å². The van der Waals surface area contributed by atoms with Gasteiger partial charge in [0, 0.05) is 34.4 Å². The summed E-state index contributed by atoms with van der Waals surface area (Å²) >= 11 is 0. The van der Waals surface area contributed by atoms with Crippen molar-refractivity contribution in [2.45, 2.75) is 86.5 Å². The number of hydrogen-bond acceptors (Lipinski definition) is 8. The van der Waals surface area contributed by atoms with E-state index in [-0.39, 0.29) is 11.5 Å². The van der Waals surface area contributed by atoms with Crippen LogP contribution >= 0.6 is 0 Å². The Hall–Kier alpha value is -5.50. The van der Waals surface area contributed by atoms with Crippen LogP contribution in [0.15, 0.2) is 73.8 Å². The summed E-state index contributed by atoms with van der Waals surface area (Å²) in [5.41, 5.74) is 6.60. The molecule has 55 heavy (non-hydrogen) atoms. The monoisotopic (exact) mass is 746 g/mol. The van der Waals surface area contributed by atoms with E-state index >= 15 is 0 Å². The Bertz CT molecular complexity index is 1940. The Balaban J connectivity index is 2.29. The summed E-state index contributed by atoms with van der Waals surface area (Å²) < 4.78 is 39.5. The van der Waals surface area contributed by atoms with Crippen molar-refractivity contribution in [3.8, 4) is 45.6 Å². The first kappa shape index (κ1) is 40.7. The molecule has 0 spiro atoms. The number of fused-ring (bicyclic) bond motifs is 3. The van der Waals surface area contributed by atoms with Gasteiger partial charge in [-0.2, -0.15) is 0 Å². The molecule has 8 nitrogen and oxygen atoms in total. The number of carbonyl (C=O) groups is 2. The molecule has 0 unspecified atom stereocenters. The van der Waals surface area contributed by atoms with Crippen molar-refractivity contribution in [1.29, 1.82) is 0 Å². The molecule has 0 bridgehead atoms. The van der Waals surface area contributed by atoms with Gasteiger partial charge in [0.15, 0.2) is 23.0 Å². The molecule has 0 amide bonds. The molecule has 0 heterocycles. The first-order chi connectivity index (χ1) is 26.7. The maximum atomic E-state index is 13.6. The van der Waals surface area contributed by atoms with Crippen LogP contribution in [-0.4, -0.2) is 38.4 Å². The molecule has 1 aliphatic rings. The molecule has 0 saturated heterocycles. The predicted molar refractivity (Wildman–Crippen MR) is 218 cm³/mol. The maximum absolute atomic E-state index is 13.6. The largest absolute Gasteiger partial charge is 0.493 e. The molecule has 0 saturated carbocycles. The van der Waals surface area contributed by atoms with Gasteiger partial charge in [-0.3, -0.25) is 0 Å². The van der Waals surface area contributed by atoms with E-state index in [0.717, 1.165) is 69.5 Å². The first-order valence-corrected chi connectivity index (χ1v) is 19.4. The fourth-order valence-corrected chi connectivity index (χ4v) is 8.10. The van der Waals surface area contributed by atoms with E-state index in [1.807, 2.05) is 65.8 Å². The highest BCUT2D eigenvalue weighted by atomic mass is 16.6. The SMILES string of the molecule is C=CC(=O)Oc1c(OCC)c(C)c(CCC)c(OCC)c1C1(c2c(OCC)c(CCC)c(C)c(OCC)c2OC(=O)C=C)c2ccccc2-c2ccccc21. The van der Waals surface area contributed by atoms with Crippen LogP contribution in [-0.2, 0) is 27.8 Å². The molecule has 4 aromatic carbocycles. The fourth-order valence-electron chi connectivity index (χ4n) is 8.10. The highest BCUT2D eigenvalue weighted by Gasteiger charge is 2.55. The maximum Gasteiger partial charge on any atom is 0.335 e. The lowest BCUT2D eigenvalue weighted by Gasteiger charge is -2.40. The van der Waals surface area contributed by atoms with Gasteiger partial charge in [0.2, 0.25) is 0 Å². The molecule has 290 valence electrons. The van der Waals surface area contributed by atoms with Crippen molar-refractivity contribution in [3.05, 3.63) is 118 Å². The number of carbonyl (C=O) groups excluding carboxylic acids is 2. The predicted octanol–water partition coefficient (Wildman–Crippen LogP) is 10.3. The third-order valence-corrected chi connectivity index (χ3v) is 10.1. The normalized spacial score (nSPS) is 12.3. The van der Waals surface area contributed by atoms with Crippen molar-refractivity contribution in [1.82, 2.24) is 0 Å². The second-order valence-corrected chi connectivity index (χ2v) is 13.3. The average Bonchev–Trinajstić information content (AvgIpc) is 3.48. The van der Waals surface area contributed by atoms with Gasteiger partial charge in [0.25, 0.3) is 0 Å². The van der Waals surface area contributed by atoms with Gasteiger partial charge in [-0.25, -0.2) is 9.59 Å². The first-order valence-electron chi connectivity index (χ1n) is 19.4. The average molecular weight is 747 g/mol. The van der Waals surface area contributed by atoms with Crippen LogP contribution < -0.4 is 28.4 Å². The Kier molecular flexibility index (Phi) is 13.1. The van der Waals surface area contributed by atoms with Crippen molar-refractivity contribution < 1.29 is 38.0 Å². The molecule has 1 aliphatic carbocycles. The number of ether oxygens (including phenoxy) is 6. The molecule has 0 radical (unpaired) electrons. The summed E-state index contributed by atoms with van der Waals surface area (Å²) in [7, 11) is 0. The number of esters is 2. The van der Waals surface area contributed by atoms with Crippen LogP contribution in [0.2, 0.25) is 0 Å².